The van der Waals surface area contributed by atoms with Crippen LogP contribution >= 0.6 is 0 Å². The van der Waals surface area contributed by atoms with Crippen molar-refractivity contribution in [2.24, 2.45) is 11.0 Å². The molecule has 3 rings (SSSR count). The average molecular weight is 269 g/mol. The predicted molar refractivity (Wildman–Crippen MR) is 65.7 cm³/mol. The molecule has 2 N–H and O–H groups in total. The molecule has 1 aromatic carbocycles. The van der Waals surface area contributed by atoms with Gasteiger partial charge in [-0.05, 0) is 17.7 Å². The van der Waals surface area contributed by atoms with Gasteiger partial charge >= 0.3 is 6.18 Å². The Bertz CT molecular complexity index is 510. The molecule has 2 unspecified atom stereocenters. The summed E-state index contributed by atoms with van der Waals surface area (Å²) in [7, 11) is 0. The van der Waals surface area contributed by atoms with Crippen LogP contribution in [-0.4, -0.2) is 18.8 Å². The van der Waals surface area contributed by atoms with Gasteiger partial charge in [0.05, 0.1) is 11.6 Å². The van der Waals surface area contributed by atoms with Crippen LogP contribution in [0.5, 0.6) is 0 Å². The first kappa shape index (κ1) is 12.5. The molecule has 0 radical (unpaired) electrons. The predicted octanol–water partition coefficient (Wildman–Crippen LogP) is 2.32. The molecule has 0 spiro atoms. The fourth-order valence-electron chi connectivity index (χ4n) is 2.68. The van der Waals surface area contributed by atoms with Crippen molar-refractivity contribution in [3.8, 4) is 0 Å². The lowest BCUT2D eigenvalue weighted by Gasteiger charge is -2.25. The first-order valence-corrected chi connectivity index (χ1v) is 6.25. The zero-order valence-electron chi connectivity index (χ0n) is 10.2. The summed E-state index contributed by atoms with van der Waals surface area (Å²) in [6.45, 7) is 1.64. The largest absolute Gasteiger partial charge is 0.416 e. The van der Waals surface area contributed by atoms with Crippen LogP contribution < -0.4 is 10.7 Å². The molecule has 0 amide bonds. The van der Waals surface area contributed by atoms with Crippen LogP contribution in [0.2, 0.25) is 0 Å². The Hall–Kier alpha value is -1.56. The highest BCUT2D eigenvalue weighted by Gasteiger charge is 2.36. The lowest BCUT2D eigenvalue weighted by Crippen LogP contribution is -2.38. The third-order valence-corrected chi connectivity index (χ3v) is 3.67. The first-order chi connectivity index (χ1) is 9.05. The van der Waals surface area contributed by atoms with Crippen molar-refractivity contribution in [3.63, 3.8) is 0 Å². The van der Waals surface area contributed by atoms with Crippen LogP contribution in [0.4, 0.5) is 13.2 Å². The van der Waals surface area contributed by atoms with Crippen LogP contribution in [0, 0.1) is 5.92 Å². The summed E-state index contributed by atoms with van der Waals surface area (Å²) in [6, 6.07) is 5.32. The second-order valence-corrected chi connectivity index (χ2v) is 4.89. The second kappa shape index (κ2) is 4.52. The van der Waals surface area contributed by atoms with E-state index in [1.165, 1.54) is 12.1 Å². The molecular weight excluding hydrogens is 255 g/mol. The van der Waals surface area contributed by atoms with E-state index >= 15 is 0 Å². The topological polar surface area (TPSA) is 36.4 Å². The Morgan fingerprint density at radius 2 is 2.11 bits per heavy atom. The van der Waals surface area contributed by atoms with Crippen LogP contribution in [0.15, 0.2) is 29.4 Å². The van der Waals surface area contributed by atoms with Crippen LogP contribution in [-0.2, 0) is 6.18 Å². The Kier molecular flexibility index (Phi) is 2.97. The zero-order valence-corrected chi connectivity index (χ0v) is 10.2. The van der Waals surface area contributed by atoms with E-state index in [2.05, 4.69) is 15.8 Å². The minimum atomic E-state index is -4.30. The monoisotopic (exact) mass is 269 g/mol. The van der Waals surface area contributed by atoms with E-state index < -0.39 is 11.7 Å². The number of piperidine rings is 1. The fourth-order valence-corrected chi connectivity index (χ4v) is 2.68. The van der Waals surface area contributed by atoms with E-state index in [9.17, 15) is 13.2 Å². The van der Waals surface area contributed by atoms with Gasteiger partial charge in [0, 0.05) is 31.1 Å². The van der Waals surface area contributed by atoms with E-state index in [4.69, 9.17) is 0 Å². The average Bonchev–Trinajstić information content (AvgIpc) is 2.82. The number of rotatable bonds is 1. The number of hydrazone groups is 1. The first-order valence-electron chi connectivity index (χ1n) is 6.25. The van der Waals surface area contributed by atoms with Gasteiger partial charge in [-0.2, -0.15) is 18.3 Å². The van der Waals surface area contributed by atoms with Gasteiger partial charge in [0.2, 0.25) is 0 Å². The molecule has 19 heavy (non-hydrogen) atoms. The van der Waals surface area contributed by atoms with E-state index in [-0.39, 0.29) is 12.0 Å². The molecule has 2 atom stereocenters. The van der Waals surface area contributed by atoms with Crippen molar-refractivity contribution >= 4 is 5.71 Å². The SMILES string of the molecule is FC(F)(F)c1cccc(C2NN=C3CCNCC32)c1. The highest BCUT2D eigenvalue weighted by atomic mass is 19.4. The molecule has 2 heterocycles. The van der Waals surface area contributed by atoms with Crippen LogP contribution in [0.1, 0.15) is 23.6 Å². The summed E-state index contributed by atoms with van der Waals surface area (Å²) in [5.74, 6) is 0.150. The standard InChI is InChI=1S/C13H14F3N3/c14-13(15,16)9-3-1-2-8(6-9)12-10-7-17-5-4-11(10)18-19-12/h1-3,6,10,12,17,19H,4-5,7H2. The number of nitrogens with zero attached hydrogens (tertiary/aromatic N) is 1. The number of hydrogen-bond donors (Lipinski definition) is 2. The molecule has 1 fully saturated rings. The summed E-state index contributed by atoms with van der Waals surface area (Å²) >= 11 is 0. The Balaban J connectivity index is 1.87. The van der Waals surface area contributed by atoms with Crippen molar-refractivity contribution in [1.29, 1.82) is 0 Å². The quantitative estimate of drug-likeness (QED) is 0.821. The maximum atomic E-state index is 12.7. The summed E-state index contributed by atoms with van der Waals surface area (Å²) in [4.78, 5) is 0. The molecule has 0 aromatic heterocycles. The Morgan fingerprint density at radius 3 is 2.89 bits per heavy atom. The van der Waals surface area contributed by atoms with Crippen molar-refractivity contribution in [2.75, 3.05) is 13.1 Å². The molecule has 102 valence electrons. The third kappa shape index (κ3) is 2.32. The zero-order chi connectivity index (χ0) is 13.5. The van der Waals surface area contributed by atoms with Crippen molar-refractivity contribution in [2.45, 2.75) is 18.6 Å². The number of benzene rings is 1. The Morgan fingerprint density at radius 1 is 1.26 bits per heavy atom. The lowest BCUT2D eigenvalue weighted by molar-refractivity contribution is -0.137. The molecule has 2 aliphatic heterocycles. The molecule has 6 heteroatoms. The van der Waals surface area contributed by atoms with E-state index in [1.807, 2.05) is 0 Å². The summed E-state index contributed by atoms with van der Waals surface area (Å²) in [6.07, 6.45) is -3.45. The summed E-state index contributed by atoms with van der Waals surface area (Å²) in [5, 5.41) is 7.51. The molecule has 0 saturated carbocycles. The molecule has 0 aliphatic carbocycles. The minimum Gasteiger partial charge on any atom is -0.316 e. The molecule has 2 aliphatic rings. The molecular formula is C13H14F3N3. The lowest BCUT2D eigenvalue weighted by atomic mass is 9.87. The van der Waals surface area contributed by atoms with Gasteiger partial charge in [0.15, 0.2) is 0 Å². The van der Waals surface area contributed by atoms with Crippen LogP contribution in [0.3, 0.4) is 0 Å². The molecule has 3 nitrogen and oxygen atoms in total. The van der Waals surface area contributed by atoms with E-state index in [0.717, 1.165) is 31.3 Å². The number of halogens is 3. The molecule has 1 aromatic rings. The van der Waals surface area contributed by atoms with Gasteiger partial charge in [0.1, 0.15) is 0 Å². The van der Waals surface area contributed by atoms with Gasteiger partial charge in [-0.3, -0.25) is 0 Å². The van der Waals surface area contributed by atoms with E-state index in [0.29, 0.717) is 5.56 Å². The van der Waals surface area contributed by atoms with Crippen LogP contribution in [0.25, 0.3) is 0 Å². The fraction of sp³-hybridized carbons (Fsp3) is 0.462. The van der Waals surface area contributed by atoms with Crippen molar-refractivity contribution in [1.82, 2.24) is 10.7 Å². The normalized spacial score (nSPS) is 26.6. The second-order valence-electron chi connectivity index (χ2n) is 4.89. The third-order valence-electron chi connectivity index (χ3n) is 3.67. The highest BCUT2D eigenvalue weighted by Crippen LogP contribution is 2.34. The van der Waals surface area contributed by atoms with Crippen molar-refractivity contribution < 1.29 is 13.2 Å². The smallest absolute Gasteiger partial charge is 0.316 e. The van der Waals surface area contributed by atoms with Crippen molar-refractivity contribution in [3.05, 3.63) is 35.4 Å². The number of nitrogens with one attached hydrogen (secondary N) is 2. The maximum absolute atomic E-state index is 12.7. The number of fused-ring (bicyclic) bond motifs is 1. The summed E-state index contributed by atoms with van der Waals surface area (Å²) < 4.78 is 38.2. The van der Waals surface area contributed by atoms with E-state index in [1.54, 1.807) is 6.07 Å². The minimum absolute atomic E-state index is 0.150. The van der Waals surface area contributed by atoms with Gasteiger partial charge < -0.3 is 10.7 Å². The van der Waals surface area contributed by atoms with Gasteiger partial charge in [-0.1, -0.05) is 12.1 Å². The number of hydrogen-bond acceptors (Lipinski definition) is 3. The van der Waals surface area contributed by atoms with Gasteiger partial charge in [0.25, 0.3) is 0 Å². The summed E-state index contributed by atoms with van der Waals surface area (Å²) in [5.41, 5.74) is 4.06. The molecule has 1 saturated heterocycles. The number of alkyl halides is 3. The maximum Gasteiger partial charge on any atom is 0.416 e. The highest BCUT2D eigenvalue weighted by molar-refractivity contribution is 5.89. The molecule has 0 bridgehead atoms. The van der Waals surface area contributed by atoms with Gasteiger partial charge in [-0.15, -0.1) is 0 Å². The Labute approximate surface area is 108 Å². The van der Waals surface area contributed by atoms with Gasteiger partial charge in [-0.25, -0.2) is 0 Å².